The van der Waals surface area contributed by atoms with Crippen LogP contribution >= 0.6 is 0 Å². The zero-order chi connectivity index (χ0) is 13.4. The first-order valence-corrected chi connectivity index (χ1v) is 7.02. The second kappa shape index (κ2) is 4.99. The lowest BCUT2D eigenvalue weighted by molar-refractivity contribution is 0.129. The van der Waals surface area contributed by atoms with Gasteiger partial charge in [0, 0.05) is 37.8 Å². The number of hydrogen-bond donors (Lipinski definition) is 1. The number of rotatable bonds is 2. The third-order valence-electron chi connectivity index (χ3n) is 4.40. The summed E-state index contributed by atoms with van der Waals surface area (Å²) in [6.07, 6.45) is 4.92. The normalized spacial score (nSPS) is 30.7. The summed E-state index contributed by atoms with van der Waals surface area (Å²) in [4.78, 5) is 4.60. The molecule has 0 fully saturated rings. The Balaban J connectivity index is 1.77. The van der Waals surface area contributed by atoms with Crippen LogP contribution in [0.1, 0.15) is 17.9 Å². The third kappa shape index (κ3) is 2.40. The molecule has 19 heavy (non-hydrogen) atoms. The van der Waals surface area contributed by atoms with E-state index in [4.69, 9.17) is 0 Å². The van der Waals surface area contributed by atoms with Crippen molar-refractivity contribution in [3.8, 4) is 0 Å². The van der Waals surface area contributed by atoms with Crippen LogP contribution in [0.2, 0.25) is 0 Å². The summed E-state index contributed by atoms with van der Waals surface area (Å²) < 4.78 is 0. The molecule has 1 aromatic carbocycles. The molecule has 0 saturated heterocycles. The van der Waals surface area contributed by atoms with Crippen molar-refractivity contribution in [3.05, 3.63) is 42.0 Å². The topological polar surface area (TPSA) is 26.7 Å². The Morgan fingerprint density at radius 3 is 2.74 bits per heavy atom. The highest BCUT2D eigenvalue weighted by molar-refractivity contribution is 5.59. The van der Waals surface area contributed by atoms with Gasteiger partial charge in [-0.3, -0.25) is 4.90 Å². The average Bonchev–Trinajstić information content (AvgIpc) is 2.71. The lowest BCUT2D eigenvalue weighted by Gasteiger charge is -2.32. The molecule has 3 atom stereocenters. The van der Waals surface area contributed by atoms with E-state index < -0.39 is 0 Å². The van der Waals surface area contributed by atoms with Gasteiger partial charge >= 0.3 is 0 Å². The fraction of sp³-hybridized carbons (Fsp3) is 0.500. The van der Waals surface area contributed by atoms with Crippen LogP contribution in [-0.4, -0.2) is 49.3 Å². The van der Waals surface area contributed by atoms with Crippen molar-refractivity contribution in [2.24, 2.45) is 0 Å². The van der Waals surface area contributed by atoms with Crippen LogP contribution in [0.4, 0.5) is 5.69 Å². The second-order valence-corrected chi connectivity index (χ2v) is 5.83. The van der Waals surface area contributed by atoms with Crippen LogP contribution in [0.5, 0.6) is 0 Å². The van der Waals surface area contributed by atoms with Gasteiger partial charge in [-0.15, -0.1) is 0 Å². The smallest absolute Gasteiger partial charge is 0.0848 e. The van der Waals surface area contributed by atoms with Crippen molar-refractivity contribution in [1.82, 2.24) is 4.90 Å². The standard InChI is InChI=1S/C16H22N2O/c1-17-11-14(19)8-7-13(17)9-12-10-18(2)16-6-4-3-5-15(12)16/h3-8,12-14,19H,9-11H2,1-2H3/t12-,13-,14?/m1/s1. The molecule has 2 heterocycles. The number of nitrogens with zero attached hydrogens (tertiary/aromatic N) is 2. The maximum Gasteiger partial charge on any atom is 0.0848 e. The van der Waals surface area contributed by atoms with E-state index in [0.717, 1.165) is 19.5 Å². The SMILES string of the molecule is CN1C[C@@H](C[C@H]2C=CC(O)CN2C)c2ccccc21. The first kappa shape index (κ1) is 12.7. The van der Waals surface area contributed by atoms with Gasteiger partial charge in [0.25, 0.3) is 0 Å². The third-order valence-corrected chi connectivity index (χ3v) is 4.40. The Morgan fingerprint density at radius 2 is 1.95 bits per heavy atom. The van der Waals surface area contributed by atoms with Gasteiger partial charge in [0.1, 0.15) is 0 Å². The summed E-state index contributed by atoms with van der Waals surface area (Å²) in [6, 6.07) is 9.15. The largest absolute Gasteiger partial charge is 0.388 e. The van der Waals surface area contributed by atoms with Crippen LogP contribution in [0.15, 0.2) is 36.4 Å². The first-order valence-electron chi connectivity index (χ1n) is 7.02. The number of fused-ring (bicyclic) bond motifs is 1. The van der Waals surface area contributed by atoms with E-state index in [1.165, 1.54) is 11.3 Å². The highest BCUT2D eigenvalue weighted by Gasteiger charge is 2.30. The van der Waals surface area contributed by atoms with Crippen molar-refractivity contribution in [2.75, 3.05) is 32.1 Å². The Morgan fingerprint density at radius 1 is 1.16 bits per heavy atom. The minimum Gasteiger partial charge on any atom is -0.388 e. The Hall–Kier alpha value is -1.32. The maximum atomic E-state index is 9.62. The number of benzene rings is 1. The van der Waals surface area contributed by atoms with Crippen LogP contribution in [-0.2, 0) is 0 Å². The molecule has 3 heteroatoms. The molecular formula is C16H22N2O. The lowest BCUT2D eigenvalue weighted by Crippen LogP contribution is -2.40. The molecule has 3 nitrogen and oxygen atoms in total. The van der Waals surface area contributed by atoms with E-state index >= 15 is 0 Å². The van der Waals surface area contributed by atoms with E-state index in [2.05, 4.69) is 54.2 Å². The Bertz CT molecular complexity index is 485. The molecule has 0 aromatic heterocycles. The Labute approximate surface area is 115 Å². The van der Waals surface area contributed by atoms with Gasteiger partial charge in [-0.2, -0.15) is 0 Å². The van der Waals surface area contributed by atoms with E-state index in [1.807, 2.05) is 6.08 Å². The van der Waals surface area contributed by atoms with Crippen molar-refractivity contribution in [2.45, 2.75) is 24.5 Å². The monoisotopic (exact) mass is 258 g/mol. The predicted molar refractivity (Wildman–Crippen MR) is 78.6 cm³/mol. The molecule has 1 unspecified atom stereocenters. The van der Waals surface area contributed by atoms with Crippen molar-refractivity contribution < 1.29 is 5.11 Å². The van der Waals surface area contributed by atoms with E-state index in [0.29, 0.717) is 12.0 Å². The van der Waals surface area contributed by atoms with Gasteiger partial charge in [0.15, 0.2) is 0 Å². The maximum absolute atomic E-state index is 9.62. The van der Waals surface area contributed by atoms with Crippen molar-refractivity contribution >= 4 is 5.69 Å². The number of hydrogen-bond acceptors (Lipinski definition) is 3. The van der Waals surface area contributed by atoms with Crippen LogP contribution in [0, 0.1) is 0 Å². The molecule has 2 aliphatic rings. The van der Waals surface area contributed by atoms with E-state index in [1.54, 1.807) is 0 Å². The lowest BCUT2D eigenvalue weighted by atomic mass is 9.92. The van der Waals surface area contributed by atoms with E-state index in [9.17, 15) is 5.11 Å². The number of aliphatic hydroxyl groups is 1. The number of aliphatic hydroxyl groups excluding tert-OH is 1. The zero-order valence-corrected chi connectivity index (χ0v) is 11.7. The summed E-state index contributed by atoms with van der Waals surface area (Å²) in [5.74, 6) is 0.591. The van der Waals surface area contributed by atoms with Crippen LogP contribution < -0.4 is 4.90 Å². The number of likely N-dealkylation sites (N-methyl/N-ethyl adjacent to an activating group) is 2. The summed E-state index contributed by atoms with van der Waals surface area (Å²) >= 11 is 0. The fourth-order valence-electron chi connectivity index (χ4n) is 3.35. The molecule has 0 radical (unpaired) electrons. The van der Waals surface area contributed by atoms with Gasteiger partial charge < -0.3 is 10.0 Å². The molecule has 0 spiro atoms. The predicted octanol–water partition coefficient (Wildman–Crippen LogP) is 1.84. The Kier molecular flexibility index (Phi) is 3.33. The molecule has 0 bridgehead atoms. The molecule has 1 N–H and O–H groups in total. The van der Waals surface area contributed by atoms with Gasteiger partial charge in [-0.05, 0) is 25.1 Å². The molecule has 1 aromatic rings. The molecule has 2 aliphatic heterocycles. The molecule has 0 aliphatic carbocycles. The molecule has 0 amide bonds. The average molecular weight is 258 g/mol. The molecule has 0 saturated carbocycles. The zero-order valence-electron chi connectivity index (χ0n) is 11.7. The minimum atomic E-state index is -0.306. The first-order chi connectivity index (χ1) is 9.15. The van der Waals surface area contributed by atoms with Crippen molar-refractivity contribution in [3.63, 3.8) is 0 Å². The second-order valence-electron chi connectivity index (χ2n) is 5.83. The van der Waals surface area contributed by atoms with Gasteiger partial charge in [0.2, 0.25) is 0 Å². The van der Waals surface area contributed by atoms with E-state index in [-0.39, 0.29) is 6.10 Å². The molecular weight excluding hydrogens is 236 g/mol. The van der Waals surface area contributed by atoms with Crippen molar-refractivity contribution in [1.29, 1.82) is 0 Å². The highest BCUT2D eigenvalue weighted by atomic mass is 16.3. The summed E-state index contributed by atoms with van der Waals surface area (Å²) in [5, 5.41) is 9.62. The number of para-hydroxylation sites is 1. The number of β-amino-alcohol motifs (C(OH)–C–C–N with tert-alkyl or cyclic N) is 1. The minimum absolute atomic E-state index is 0.306. The van der Waals surface area contributed by atoms with Gasteiger partial charge in [-0.25, -0.2) is 0 Å². The molecule has 3 rings (SSSR count). The number of anilines is 1. The molecule has 102 valence electrons. The van der Waals surface area contributed by atoms with Crippen LogP contribution in [0.25, 0.3) is 0 Å². The van der Waals surface area contributed by atoms with Gasteiger partial charge in [0.05, 0.1) is 6.10 Å². The summed E-state index contributed by atoms with van der Waals surface area (Å²) in [7, 11) is 4.27. The fourth-order valence-corrected chi connectivity index (χ4v) is 3.35. The quantitative estimate of drug-likeness (QED) is 0.820. The van der Waals surface area contributed by atoms with Gasteiger partial charge in [-0.1, -0.05) is 30.4 Å². The highest BCUT2D eigenvalue weighted by Crippen LogP contribution is 2.38. The summed E-state index contributed by atoms with van der Waals surface area (Å²) in [5.41, 5.74) is 2.84. The van der Waals surface area contributed by atoms with Crippen LogP contribution in [0.3, 0.4) is 0 Å². The summed E-state index contributed by atoms with van der Waals surface area (Å²) in [6.45, 7) is 1.84.